The predicted octanol–water partition coefficient (Wildman–Crippen LogP) is 2.64. The van der Waals surface area contributed by atoms with E-state index in [0.29, 0.717) is 5.41 Å². The number of likely N-dealkylation sites (N-methyl/N-ethyl adjacent to an activating group) is 1. The van der Waals surface area contributed by atoms with Crippen LogP contribution in [0, 0.1) is 5.41 Å². The van der Waals surface area contributed by atoms with Gasteiger partial charge >= 0.3 is 0 Å². The van der Waals surface area contributed by atoms with Crippen LogP contribution in [0.3, 0.4) is 0 Å². The first-order valence-electron chi connectivity index (χ1n) is 7.11. The smallest absolute Gasteiger partial charge is 0.194 e. The maximum absolute atomic E-state index is 4.45. The minimum atomic E-state index is 0. The molecule has 0 atom stereocenters. The molecule has 1 rings (SSSR count). The van der Waals surface area contributed by atoms with Gasteiger partial charge in [0.25, 0.3) is 0 Å². The number of guanidine groups is 1. The van der Waals surface area contributed by atoms with Gasteiger partial charge in [-0.15, -0.1) is 24.0 Å². The summed E-state index contributed by atoms with van der Waals surface area (Å²) in [7, 11) is 6.09. The minimum Gasteiger partial charge on any atom is -0.354 e. The average Bonchev–Trinajstić information content (AvgIpc) is 2.28. The first kappa shape index (κ1) is 20.0. The molecule has 0 aliphatic carbocycles. The molecule has 0 aromatic carbocycles. The molecule has 0 amide bonds. The maximum Gasteiger partial charge on any atom is 0.194 e. The third-order valence-electron chi connectivity index (χ3n) is 5.24. The van der Waals surface area contributed by atoms with Gasteiger partial charge in [-0.25, -0.2) is 0 Å². The molecule has 4 nitrogen and oxygen atoms in total. The topological polar surface area (TPSA) is 30.9 Å². The van der Waals surface area contributed by atoms with Crippen molar-refractivity contribution in [1.29, 1.82) is 0 Å². The van der Waals surface area contributed by atoms with E-state index in [-0.39, 0.29) is 35.1 Å². The molecule has 120 valence electrons. The fraction of sp³-hybridized carbons (Fsp3) is 0.933. The molecule has 1 aliphatic rings. The lowest BCUT2D eigenvalue weighted by atomic mass is 9.65. The molecule has 0 aromatic rings. The molecule has 1 saturated heterocycles. The summed E-state index contributed by atoms with van der Waals surface area (Å²) in [6.45, 7) is 15.6. The number of hydrogen-bond donors (Lipinski definition) is 1. The highest BCUT2D eigenvalue weighted by Crippen LogP contribution is 2.46. The van der Waals surface area contributed by atoms with Crippen LogP contribution in [-0.4, -0.2) is 61.1 Å². The highest BCUT2D eigenvalue weighted by Gasteiger charge is 2.53. The van der Waals surface area contributed by atoms with Crippen LogP contribution in [0.5, 0.6) is 0 Å². The Bertz CT molecular complexity index is 359. The monoisotopic (exact) mass is 396 g/mol. The summed E-state index contributed by atoms with van der Waals surface area (Å²) in [5, 5.41) is 3.52. The van der Waals surface area contributed by atoms with Crippen LogP contribution in [-0.2, 0) is 0 Å². The molecule has 1 aliphatic heterocycles. The molecule has 1 N–H and O–H groups in total. The van der Waals surface area contributed by atoms with E-state index in [0.717, 1.165) is 19.0 Å². The van der Waals surface area contributed by atoms with Gasteiger partial charge in [0, 0.05) is 36.6 Å². The van der Waals surface area contributed by atoms with Gasteiger partial charge in [-0.2, -0.15) is 0 Å². The molecule has 5 heteroatoms. The SMILES string of the molecule is CN=C(NCC(C)(C)N(C)C)N1CC(C)(C)C1(C)C.I. The number of rotatable bonds is 3. The molecule has 1 fully saturated rings. The fourth-order valence-corrected chi connectivity index (χ4v) is 2.15. The molecular formula is C15H33IN4. The van der Waals surface area contributed by atoms with Crippen molar-refractivity contribution in [3.63, 3.8) is 0 Å². The zero-order valence-electron chi connectivity index (χ0n) is 14.7. The Morgan fingerprint density at radius 3 is 2.05 bits per heavy atom. The van der Waals surface area contributed by atoms with Crippen LogP contribution in [0.25, 0.3) is 0 Å². The molecular weight excluding hydrogens is 363 g/mol. The van der Waals surface area contributed by atoms with Gasteiger partial charge in [0.05, 0.1) is 0 Å². The summed E-state index contributed by atoms with van der Waals surface area (Å²) in [4.78, 5) is 9.05. The van der Waals surface area contributed by atoms with Crippen molar-refractivity contribution in [3.8, 4) is 0 Å². The van der Waals surface area contributed by atoms with Crippen molar-refractivity contribution < 1.29 is 0 Å². The van der Waals surface area contributed by atoms with E-state index >= 15 is 0 Å². The molecule has 0 radical (unpaired) electrons. The van der Waals surface area contributed by atoms with Crippen LogP contribution >= 0.6 is 24.0 Å². The summed E-state index contributed by atoms with van der Waals surface area (Å²) in [6, 6.07) is 0. The van der Waals surface area contributed by atoms with E-state index in [1.165, 1.54) is 0 Å². The molecule has 0 unspecified atom stereocenters. The Morgan fingerprint density at radius 2 is 1.75 bits per heavy atom. The third-order valence-corrected chi connectivity index (χ3v) is 5.24. The second-order valence-electron chi connectivity index (χ2n) is 7.64. The zero-order chi connectivity index (χ0) is 15.1. The first-order valence-corrected chi connectivity index (χ1v) is 7.11. The van der Waals surface area contributed by atoms with Crippen molar-refractivity contribution in [3.05, 3.63) is 0 Å². The van der Waals surface area contributed by atoms with Gasteiger partial charge in [0.2, 0.25) is 0 Å². The van der Waals surface area contributed by atoms with Crippen molar-refractivity contribution in [2.24, 2.45) is 10.4 Å². The lowest BCUT2D eigenvalue weighted by Crippen LogP contribution is -2.73. The van der Waals surface area contributed by atoms with Gasteiger partial charge in [0.15, 0.2) is 5.96 Å². The fourth-order valence-electron chi connectivity index (χ4n) is 2.15. The van der Waals surface area contributed by atoms with Crippen LogP contribution in [0.1, 0.15) is 41.5 Å². The van der Waals surface area contributed by atoms with E-state index in [9.17, 15) is 0 Å². The maximum atomic E-state index is 4.45. The predicted molar refractivity (Wildman–Crippen MR) is 99.1 cm³/mol. The lowest BCUT2D eigenvalue weighted by Gasteiger charge is -2.62. The standard InChI is InChI=1S/C15H32N4.HI/c1-13(2)11-19(15(13,5)6)12(16-7)17-10-14(3,4)18(8)9;/h10-11H2,1-9H3,(H,16,17);1H. The molecule has 20 heavy (non-hydrogen) atoms. The van der Waals surface area contributed by atoms with Gasteiger partial charge in [-0.3, -0.25) is 4.99 Å². The quantitative estimate of drug-likeness (QED) is 0.452. The Hall–Kier alpha value is -0.0400. The van der Waals surface area contributed by atoms with E-state index in [1.807, 2.05) is 7.05 Å². The van der Waals surface area contributed by atoms with Crippen LogP contribution in [0.4, 0.5) is 0 Å². The van der Waals surface area contributed by atoms with Crippen LogP contribution in [0.2, 0.25) is 0 Å². The highest BCUT2D eigenvalue weighted by molar-refractivity contribution is 14.0. The summed E-state index contributed by atoms with van der Waals surface area (Å²) in [5.41, 5.74) is 0.596. The Labute approximate surface area is 142 Å². The average molecular weight is 396 g/mol. The third kappa shape index (κ3) is 3.59. The van der Waals surface area contributed by atoms with Crippen LogP contribution in [0.15, 0.2) is 4.99 Å². The molecule has 0 spiro atoms. The second-order valence-corrected chi connectivity index (χ2v) is 7.64. The molecule has 1 heterocycles. The van der Waals surface area contributed by atoms with Gasteiger partial charge in [-0.05, 0) is 41.8 Å². The van der Waals surface area contributed by atoms with E-state index in [1.54, 1.807) is 0 Å². The van der Waals surface area contributed by atoms with Crippen molar-refractivity contribution >= 4 is 29.9 Å². The van der Waals surface area contributed by atoms with Crippen LogP contribution < -0.4 is 5.32 Å². The largest absolute Gasteiger partial charge is 0.354 e. The highest BCUT2D eigenvalue weighted by atomic mass is 127. The minimum absolute atomic E-state index is 0. The molecule has 0 saturated carbocycles. The van der Waals surface area contributed by atoms with E-state index < -0.39 is 0 Å². The Kier molecular flexibility index (Phi) is 6.37. The molecule has 0 bridgehead atoms. The number of hydrogen-bond acceptors (Lipinski definition) is 2. The number of nitrogens with one attached hydrogen (secondary N) is 1. The summed E-state index contributed by atoms with van der Waals surface area (Å²) in [5.74, 6) is 1.01. The van der Waals surface area contributed by atoms with Gasteiger partial charge < -0.3 is 15.1 Å². The summed E-state index contributed by atoms with van der Waals surface area (Å²) >= 11 is 0. The lowest BCUT2D eigenvalue weighted by molar-refractivity contribution is -0.0670. The van der Waals surface area contributed by atoms with E-state index in [4.69, 9.17) is 0 Å². The first-order chi connectivity index (χ1) is 8.45. The molecule has 0 aromatic heterocycles. The Morgan fingerprint density at radius 1 is 1.25 bits per heavy atom. The van der Waals surface area contributed by atoms with E-state index in [2.05, 4.69) is 75.7 Å². The zero-order valence-corrected chi connectivity index (χ0v) is 17.0. The van der Waals surface area contributed by atoms with Crippen molar-refractivity contribution in [2.75, 3.05) is 34.2 Å². The normalized spacial score (nSPS) is 21.3. The Balaban J connectivity index is 0.00000361. The number of likely N-dealkylation sites (tertiary alicyclic amines) is 1. The number of aliphatic imine (C=N–C) groups is 1. The number of nitrogens with zero attached hydrogens (tertiary/aromatic N) is 3. The summed E-state index contributed by atoms with van der Waals surface area (Å²) in [6.07, 6.45) is 0. The number of halogens is 1. The van der Waals surface area contributed by atoms with Gasteiger partial charge in [-0.1, -0.05) is 13.8 Å². The van der Waals surface area contributed by atoms with Crippen molar-refractivity contribution in [1.82, 2.24) is 15.1 Å². The summed E-state index contributed by atoms with van der Waals surface area (Å²) < 4.78 is 0. The second kappa shape index (κ2) is 6.38. The van der Waals surface area contributed by atoms with Gasteiger partial charge in [0.1, 0.15) is 0 Å². The van der Waals surface area contributed by atoms with Crippen molar-refractivity contribution in [2.45, 2.75) is 52.6 Å².